The zero-order valence-electron chi connectivity index (χ0n) is 10.5. The van der Waals surface area contributed by atoms with Crippen LogP contribution in [0, 0.1) is 0 Å². The van der Waals surface area contributed by atoms with Crippen molar-refractivity contribution in [1.29, 1.82) is 0 Å². The molecule has 0 amide bonds. The number of benzene rings is 1. The van der Waals surface area contributed by atoms with Crippen LogP contribution in [0.2, 0.25) is 0 Å². The van der Waals surface area contributed by atoms with Gasteiger partial charge in [-0.25, -0.2) is 8.42 Å². The molecule has 0 radical (unpaired) electrons. The molecule has 0 bridgehead atoms. The van der Waals surface area contributed by atoms with Crippen molar-refractivity contribution < 1.29 is 8.42 Å². The molecule has 2 aromatic rings. The molecule has 100 valence electrons. The van der Waals surface area contributed by atoms with Gasteiger partial charge in [0.05, 0.1) is 16.3 Å². The number of nitrogens with one attached hydrogen (secondary N) is 1. The third kappa shape index (κ3) is 3.45. The van der Waals surface area contributed by atoms with Crippen molar-refractivity contribution in [3.8, 4) is 0 Å². The van der Waals surface area contributed by atoms with Gasteiger partial charge in [0.2, 0.25) is 0 Å². The van der Waals surface area contributed by atoms with Gasteiger partial charge in [0, 0.05) is 25.2 Å². The molecule has 2 rings (SSSR count). The van der Waals surface area contributed by atoms with Gasteiger partial charge < -0.3 is 11.1 Å². The van der Waals surface area contributed by atoms with Gasteiger partial charge in [-0.15, -0.1) is 0 Å². The molecule has 5 nitrogen and oxygen atoms in total. The molecule has 1 heterocycles. The van der Waals surface area contributed by atoms with E-state index in [4.69, 9.17) is 5.73 Å². The van der Waals surface area contributed by atoms with Gasteiger partial charge in [-0.2, -0.15) is 0 Å². The molecule has 0 aliphatic carbocycles. The monoisotopic (exact) mass is 277 g/mol. The lowest BCUT2D eigenvalue weighted by atomic mass is 10.2. The van der Waals surface area contributed by atoms with E-state index in [1.807, 2.05) is 12.1 Å². The zero-order chi connectivity index (χ0) is 13.9. The predicted octanol–water partition coefficient (Wildman–Crippen LogP) is 1.68. The molecular weight excluding hydrogens is 262 g/mol. The van der Waals surface area contributed by atoms with Crippen LogP contribution in [0.4, 0.5) is 11.4 Å². The Kier molecular flexibility index (Phi) is 3.71. The van der Waals surface area contributed by atoms with Gasteiger partial charge in [0.25, 0.3) is 0 Å². The minimum absolute atomic E-state index is 0.222. The maximum Gasteiger partial charge on any atom is 0.175 e. The van der Waals surface area contributed by atoms with Crippen molar-refractivity contribution in [3.05, 3.63) is 48.3 Å². The van der Waals surface area contributed by atoms with Gasteiger partial charge in [-0.05, 0) is 35.9 Å². The van der Waals surface area contributed by atoms with Crippen LogP contribution >= 0.6 is 0 Å². The first-order chi connectivity index (χ1) is 8.97. The van der Waals surface area contributed by atoms with Crippen molar-refractivity contribution in [2.24, 2.45) is 0 Å². The summed E-state index contributed by atoms with van der Waals surface area (Å²) in [6.07, 6.45) is 4.59. The summed E-state index contributed by atoms with van der Waals surface area (Å²) in [5.41, 5.74) is 8.04. The van der Waals surface area contributed by atoms with Gasteiger partial charge in [-0.3, -0.25) is 4.98 Å². The molecule has 1 aromatic carbocycles. The van der Waals surface area contributed by atoms with Crippen LogP contribution in [-0.2, 0) is 16.4 Å². The van der Waals surface area contributed by atoms with Gasteiger partial charge in [0.1, 0.15) is 0 Å². The maximum atomic E-state index is 11.4. The first kappa shape index (κ1) is 13.4. The number of pyridine rings is 1. The number of nitrogens with zero attached hydrogens (tertiary/aromatic N) is 1. The van der Waals surface area contributed by atoms with Gasteiger partial charge in [-0.1, -0.05) is 0 Å². The summed E-state index contributed by atoms with van der Waals surface area (Å²) < 4.78 is 22.8. The van der Waals surface area contributed by atoms with E-state index < -0.39 is 9.84 Å². The van der Waals surface area contributed by atoms with Crippen LogP contribution in [-0.4, -0.2) is 19.7 Å². The first-order valence-corrected chi connectivity index (χ1v) is 7.58. The Morgan fingerprint density at radius 3 is 2.47 bits per heavy atom. The molecule has 0 aliphatic rings. The minimum Gasteiger partial charge on any atom is -0.397 e. The van der Waals surface area contributed by atoms with Crippen molar-refractivity contribution >= 4 is 21.2 Å². The summed E-state index contributed by atoms with van der Waals surface area (Å²) >= 11 is 0. The second-order valence-electron chi connectivity index (χ2n) is 4.23. The third-order valence-electron chi connectivity index (χ3n) is 2.68. The highest BCUT2D eigenvalue weighted by atomic mass is 32.2. The van der Waals surface area contributed by atoms with E-state index in [1.165, 1.54) is 6.07 Å². The standard InChI is InChI=1S/C13H15N3O2S/c1-19(17,18)11-2-3-13(12(14)8-11)16-9-10-4-6-15-7-5-10/h2-8,16H,9,14H2,1H3. The fourth-order valence-corrected chi connectivity index (χ4v) is 2.29. The fourth-order valence-electron chi connectivity index (χ4n) is 1.63. The number of aromatic nitrogens is 1. The number of anilines is 2. The maximum absolute atomic E-state index is 11.4. The highest BCUT2D eigenvalue weighted by molar-refractivity contribution is 7.90. The number of rotatable bonds is 4. The van der Waals surface area contributed by atoms with E-state index >= 15 is 0 Å². The predicted molar refractivity (Wildman–Crippen MR) is 75.5 cm³/mol. The average molecular weight is 277 g/mol. The molecule has 0 aliphatic heterocycles. The largest absolute Gasteiger partial charge is 0.397 e. The van der Waals surface area contributed by atoms with Crippen LogP contribution < -0.4 is 11.1 Å². The second-order valence-corrected chi connectivity index (χ2v) is 6.25. The normalized spacial score (nSPS) is 11.2. The summed E-state index contributed by atoms with van der Waals surface area (Å²) in [6.45, 7) is 0.602. The highest BCUT2D eigenvalue weighted by Gasteiger charge is 2.09. The molecule has 6 heteroatoms. The Hall–Kier alpha value is -2.08. The Morgan fingerprint density at radius 1 is 1.21 bits per heavy atom. The first-order valence-electron chi connectivity index (χ1n) is 5.69. The topological polar surface area (TPSA) is 85.1 Å². The van der Waals surface area contributed by atoms with E-state index in [0.29, 0.717) is 17.9 Å². The lowest BCUT2D eigenvalue weighted by Crippen LogP contribution is -2.04. The Balaban J connectivity index is 2.14. The van der Waals surface area contributed by atoms with Crippen LogP contribution in [0.25, 0.3) is 0 Å². The fraction of sp³-hybridized carbons (Fsp3) is 0.154. The van der Waals surface area contributed by atoms with E-state index in [0.717, 1.165) is 11.8 Å². The molecule has 0 unspecified atom stereocenters. The average Bonchev–Trinajstić information content (AvgIpc) is 2.37. The Labute approximate surface area is 112 Å². The van der Waals surface area contributed by atoms with Gasteiger partial charge >= 0.3 is 0 Å². The Morgan fingerprint density at radius 2 is 1.89 bits per heavy atom. The summed E-state index contributed by atoms with van der Waals surface area (Å²) in [7, 11) is -3.23. The minimum atomic E-state index is -3.23. The van der Waals surface area contributed by atoms with E-state index in [1.54, 1.807) is 24.5 Å². The molecule has 0 atom stereocenters. The molecule has 1 aromatic heterocycles. The van der Waals surface area contributed by atoms with Crippen LogP contribution in [0.3, 0.4) is 0 Å². The van der Waals surface area contributed by atoms with E-state index in [-0.39, 0.29) is 4.90 Å². The number of hydrogen-bond donors (Lipinski definition) is 2. The third-order valence-corrected chi connectivity index (χ3v) is 3.79. The number of hydrogen-bond acceptors (Lipinski definition) is 5. The molecular formula is C13H15N3O2S. The zero-order valence-corrected chi connectivity index (χ0v) is 11.3. The van der Waals surface area contributed by atoms with Gasteiger partial charge in [0.15, 0.2) is 9.84 Å². The highest BCUT2D eigenvalue weighted by Crippen LogP contribution is 2.23. The van der Waals surface area contributed by atoms with Crippen molar-refractivity contribution in [3.63, 3.8) is 0 Å². The van der Waals surface area contributed by atoms with E-state index in [2.05, 4.69) is 10.3 Å². The van der Waals surface area contributed by atoms with Crippen LogP contribution in [0.5, 0.6) is 0 Å². The molecule has 0 spiro atoms. The lowest BCUT2D eigenvalue weighted by Gasteiger charge is -2.10. The SMILES string of the molecule is CS(=O)(=O)c1ccc(NCc2ccncc2)c(N)c1. The molecule has 19 heavy (non-hydrogen) atoms. The molecule has 0 saturated carbocycles. The van der Waals surface area contributed by atoms with E-state index in [9.17, 15) is 8.42 Å². The quantitative estimate of drug-likeness (QED) is 0.830. The smallest absolute Gasteiger partial charge is 0.175 e. The summed E-state index contributed by atoms with van der Waals surface area (Å²) in [4.78, 5) is 4.16. The molecule has 0 saturated heterocycles. The lowest BCUT2D eigenvalue weighted by molar-refractivity contribution is 0.602. The second kappa shape index (κ2) is 5.27. The number of nitrogen functional groups attached to an aromatic ring is 1. The van der Waals surface area contributed by atoms with Crippen molar-refractivity contribution in [1.82, 2.24) is 4.98 Å². The number of nitrogens with two attached hydrogens (primary N) is 1. The summed E-state index contributed by atoms with van der Waals surface area (Å²) in [6, 6.07) is 8.47. The Bertz CT molecular complexity index is 670. The number of sulfone groups is 1. The van der Waals surface area contributed by atoms with Crippen LogP contribution in [0.15, 0.2) is 47.6 Å². The van der Waals surface area contributed by atoms with Crippen molar-refractivity contribution in [2.75, 3.05) is 17.3 Å². The molecule has 3 N–H and O–H groups in total. The molecule has 0 fully saturated rings. The summed E-state index contributed by atoms with van der Waals surface area (Å²) in [5, 5.41) is 3.16. The van der Waals surface area contributed by atoms with Crippen LogP contribution in [0.1, 0.15) is 5.56 Å². The summed E-state index contributed by atoms with van der Waals surface area (Å²) in [5.74, 6) is 0. The van der Waals surface area contributed by atoms with Crippen molar-refractivity contribution in [2.45, 2.75) is 11.4 Å².